The summed E-state index contributed by atoms with van der Waals surface area (Å²) in [6.45, 7) is 1.79. The smallest absolute Gasteiger partial charge is 0.205 e. The average molecular weight is 551 g/mol. The van der Waals surface area contributed by atoms with Crippen molar-refractivity contribution in [1.82, 2.24) is 0 Å². The van der Waals surface area contributed by atoms with Crippen LogP contribution in [0.3, 0.4) is 0 Å². The van der Waals surface area contributed by atoms with E-state index in [9.17, 15) is 9.59 Å². The van der Waals surface area contributed by atoms with E-state index in [-0.39, 0.29) is 21.7 Å². The first-order valence-electron chi connectivity index (χ1n) is 9.99. The van der Waals surface area contributed by atoms with Crippen molar-refractivity contribution in [3.05, 3.63) is 90.0 Å². The molecule has 0 aromatic heterocycles. The SMILES string of the molecule is CC1=Nc2cc(Cl)c(Cl)cc2N(C)C1=CC1=C(Cl)C(=O)c2cc3c(Cl)ccc(Cl)c3cc2C1=O. The molecule has 3 aromatic carbocycles. The second kappa shape index (κ2) is 8.40. The number of ketones is 2. The summed E-state index contributed by atoms with van der Waals surface area (Å²) in [5, 5.41) is 2.57. The number of carbonyl (C=O) groups excluding carboxylic acids is 2. The normalized spacial score (nSPS) is 16.9. The van der Waals surface area contributed by atoms with E-state index in [1.807, 2.05) is 4.90 Å². The molecule has 3 aromatic rings. The minimum Gasteiger partial charge on any atom is -0.341 e. The van der Waals surface area contributed by atoms with Gasteiger partial charge in [0.05, 0.1) is 37.9 Å². The van der Waals surface area contributed by atoms with Gasteiger partial charge in [0.15, 0.2) is 5.78 Å². The fourth-order valence-corrected chi connectivity index (χ4v) is 5.14. The number of aliphatic imine (C=N–C) groups is 1. The third-order valence-corrected chi connectivity index (χ3v) is 7.65. The van der Waals surface area contributed by atoms with Crippen molar-refractivity contribution in [2.45, 2.75) is 6.92 Å². The van der Waals surface area contributed by atoms with Crippen LogP contribution in [0.2, 0.25) is 20.1 Å². The Morgan fingerprint density at radius 2 is 1.35 bits per heavy atom. The first kappa shape index (κ1) is 23.4. The van der Waals surface area contributed by atoms with Gasteiger partial charge in [-0.25, -0.2) is 4.99 Å². The van der Waals surface area contributed by atoms with Crippen molar-refractivity contribution >= 4 is 97.4 Å². The molecule has 0 unspecified atom stereocenters. The van der Waals surface area contributed by atoms with E-state index in [4.69, 9.17) is 58.0 Å². The molecule has 9 heteroatoms. The van der Waals surface area contributed by atoms with E-state index in [0.29, 0.717) is 53.6 Å². The predicted octanol–water partition coefficient (Wildman–Crippen LogP) is 8.45. The van der Waals surface area contributed by atoms with Gasteiger partial charge in [0.25, 0.3) is 0 Å². The van der Waals surface area contributed by atoms with Crippen LogP contribution in [0.1, 0.15) is 27.6 Å². The Bertz CT molecular complexity index is 1570. The van der Waals surface area contributed by atoms with Gasteiger partial charge >= 0.3 is 0 Å². The van der Waals surface area contributed by atoms with Crippen LogP contribution in [0.4, 0.5) is 11.4 Å². The molecule has 2 aliphatic rings. The van der Waals surface area contributed by atoms with Crippen LogP contribution in [0.15, 0.2) is 63.8 Å². The van der Waals surface area contributed by atoms with Crippen LogP contribution in [-0.4, -0.2) is 24.3 Å². The number of hydrogen-bond donors (Lipinski definition) is 0. The Morgan fingerprint density at radius 1 is 0.794 bits per heavy atom. The summed E-state index contributed by atoms with van der Waals surface area (Å²) in [6, 6.07) is 9.80. The molecule has 1 aliphatic heterocycles. The number of allylic oxidation sites excluding steroid dienone is 4. The topological polar surface area (TPSA) is 49.7 Å². The molecular formula is C25H13Cl5N2O2. The number of Topliss-reactive ketones (excluding diaryl/α,β-unsaturated/α-hetero) is 2. The fourth-order valence-electron chi connectivity index (χ4n) is 4.14. The van der Waals surface area contributed by atoms with Crippen LogP contribution in [-0.2, 0) is 0 Å². The lowest BCUT2D eigenvalue weighted by Gasteiger charge is -2.29. The number of fused-ring (bicyclic) bond motifs is 3. The number of nitrogens with zero attached hydrogens (tertiary/aromatic N) is 2. The molecule has 170 valence electrons. The average Bonchev–Trinajstić information content (AvgIpc) is 2.80. The molecule has 5 rings (SSSR count). The van der Waals surface area contributed by atoms with Crippen molar-refractivity contribution in [3.63, 3.8) is 0 Å². The number of hydrogen-bond acceptors (Lipinski definition) is 4. The number of carbonyl (C=O) groups is 2. The van der Waals surface area contributed by atoms with E-state index in [0.717, 1.165) is 0 Å². The van der Waals surface area contributed by atoms with Crippen LogP contribution in [0.25, 0.3) is 10.8 Å². The minimum absolute atomic E-state index is 0.0663. The maximum Gasteiger partial charge on any atom is 0.205 e. The lowest BCUT2D eigenvalue weighted by molar-refractivity contribution is 0.0984. The summed E-state index contributed by atoms with van der Waals surface area (Å²) in [5.74, 6) is -0.865. The van der Waals surface area contributed by atoms with E-state index in [1.165, 1.54) is 0 Å². The molecule has 0 N–H and O–H groups in total. The molecule has 0 saturated carbocycles. The molecule has 0 atom stereocenters. The largest absolute Gasteiger partial charge is 0.341 e. The van der Waals surface area contributed by atoms with Crippen molar-refractivity contribution in [3.8, 4) is 0 Å². The highest BCUT2D eigenvalue weighted by Crippen LogP contribution is 2.42. The van der Waals surface area contributed by atoms with E-state index in [2.05, 4.69) is 4.99 Å². The second-order valence-corrected chi connectivity index (χ2v) is 9.91. The van der Waals surface area contributed by atoms with Gasteiger partial charge in [-0.3, -0.25) is 9.59 Å². The molecule has 0 radical (unpaired) electrons. The molecule has 0 amide bonds. The maximum absolute atomic E-state index is 13.5. The quantitative estimate of drug-likeness (QED) is 0.305. The van der Waals surface area contributed by atoms with Gasteiger partial charge in [0.1, 0.15) is 0 Å². The number of benzene rings is 3. The van der Waals surface area contributed by atoms with Gasteiger partial charge in [-0.2, -0.15) is 0 Å². The summed E-state index contributed by atoms with van der Waals surface area (Å²) in [4.78, 5) is 33.1. The first-order chi connectivity index (χ1) is 16.1. The Labute approximate surface area is 220 Å². The summed E-state index contributed by atoms with van der Waals surface area (Å²) >= 11 is 31.4. The summed E-state index contributed by atoms with van der Waals surface area (Å²) in [5.41, 5.74) is 3.00. The Hall–Kier alpha value is -2.34. The highest BCUT2D eigenvalue weighted by atomic mass is 35.5. The zero-order chi connectivity index (χ0) is 24.5. The van der Waals surface area contributed by atoms with E-state index >= 15 is 0 Å². The molecule has 1 aliphatic carbocycles. The van der Waals surface area contributed by atoms with E-state index in [1.54, 1.807) is 56.4 Å². The second-order valence-electron chi connectivity index (χ2n) is 7.90. The summed E-state index contributed by atoms with van der Waals surface area (Å²) in [6.07, 6.45) is 1.57. The predicted molar refractivity (Wildman–Crippen MR) is 141 cm³/mol. The van der Waals surface area contributed by atoms with E-state index < -0.39 is 11.6 Å². The lowest BCUT2D eigenvalue weighted by atomic mass is 9.86. The monoisotopic (exact) mass is 548 g/mol. The Morgan fingerprint density at radius 3 is 1.97 bits per heavy atom. The molecule has 0 saturated heterocycles. The molecule has 0 spiro atoms. The molecule has 0 fully saturated rings. The summed E-state index contributed by atoms with van der Waals surface area (Å²) in [7, 11) is 1.81. The van der Waals surface area contributed by atoms with Crippen LogP contribution >= 0.6 is 58.0 Å². The molecule has 1 heterocycles. The maximum atomic E-state index is 13.5. The standard InChI is InChI=1S/C25H13Cl5N2O2/c1-10-21(32(2)22-9-19(29)18(28)8-20(22)31-10)7-15-23(30)25(34)14-6-12-11(5-13(14)24(15)33)16(26)3-4-17(12)27/h3-9H,1-2H3. The highest BCUT2D eigenvalue weighted by Gasteiger charge is 2.33. The zero-order valence-corrected chi connectivity index (χ0v) is 21.4. The Kier molecular flexibility index (Phi) is 5.78. The van der Waals surface area contributed by atoms with Gasteiger partial charge in [-0.1, -0.05) is 58.0 Å². The van der Waals surface area contributed by atoms with Crippen LogP contribution in [0.5, 0.6) is 0 Å². The summed E-state index contributed by atoms with van der Waals surface area (Å²) < 4.78 is 0. The first-order valence-corrected chi connectivity index (χ1v) is 11.9. The molecule has 4 nitrogen and oxygen atoms in total. The van der Waals surface area contributed by atoms with Crippen molar-refractivity contribution in [2.24, 2.45) is 4.99 Å². The highest BCUT2D eigenvalue weighted by molar-refractivity contribution is 6.51. The fraction of sp³-hybridized carbons (Fsp3) is 0.0800. The number of rotatable bonds is 1. The third kappa shape index (κ3) is 3.57. The third-order valence-electron chi connectivity index (χ3n) is 5.90. The van der Waals surface area contributed by atoms with Crippen LogP contribution in [0, 0.1) is 0 Å². The van der Waals surface area contributed by atoms with Gasteiger partial charge in [0, 0.05) is 44.6 Å². The lowest BCUT2D eigenvalue weighted by Crippen LogP contribution is -2.26. The molecule has 0 bridgehead atoms. The van der Waals surface area contributed by atoms with Gasteiger partial charge in [0.2, 0.25) is 5.78 Å². The van der Waals surface area contributed by atoms with Gasteiger partial charge in [-0.15, -0.1) is 0 Å². The molecular weight excluding hydrogens is 538 g/mol. The molecule has 34 heavy (non-hydrogen) atoms. The van der Waals surface area contributed by atoms with Gasteiger partial charge < -0.3 is 4.90 Å². The number of halogens is 5. The number of anilines is 1. The van der Waals surface area contributed by atoms with Crippen LogP contribution < -0.4 is 4.90 Å². The zero-order valence-electron chi connectivity index (χ0n) is 17.6. The van der Waals surface area contributed by atoms with Gasteiger partial charge in [-0.05, 0) is 49.4 Å². The van der Waals surface area contributed by atoms with Crippen molar-refractivity contribution in [1.29, 1.82) is 0 Å². The minimum atomic E-state index is -0.468. The van der Waals surface area contributed by atoms with Crippen molar-refractivity contribution < 1.29 is 9.59 Å². The van der Waals surface area contributed by atoms with Crippen molar-refractivity contribution in [2.75, 3.05) is 11.9 Å². The Balaban J connectivity index is 1.67.